The Bertz CT molecular complexity index is 1610. The van der Waals surface area contributed by atoms with Crippen LogP contribution < -0.4 is 11.1 Å². The second kappa shape index (κ2) is 10.8. The average Bonchev–Trinajstić information content (AvgIpc) is 3.58. The number of hydrogen-bond acceptors (Lipinski definition) is 5. The van der Waals surface area contributed by atoms with E-state index in [0.29, 0.717) is 20.9 Å². The predicted octanol–water partition coefficient (Wildman–Crippen LogP) is 3.32. The monoisotopic (exact) mass is 604 g/mol. The van der Waals surface area contributed by atoms with Gasteiger partial charge in [0.25, 0.3) is 5.91 Å². The number of urea groups is 1. The molecular weight excluding hydrogens is 579 g/mol. The van der Waals surface area contributed by atoms with Crippen LogP contribution in [0.3, 0.4) is 0 Å². The molecule has 2 aliphatic rings. The second-order valence-electron chi connectivity index (χ2n) is 10.5. The minimum Gasteiger partial charge on any atom is -0.368 e. The van der Waals surface area contributed by atoms with Gasteiger partial charge >= 0.3 is 12.2 Å². The molecule has 1 aliphatic heterocycles. The number of fused-ring (bicyclic) bond motifs is 2. The maximum Gasteiger partial charge on any atom is 0.408 e. The van der Waals surface area contributed by atoms with Crippen LogP contribution in [0.1, 0.15) is 36.2 Å². The third-order valence-corrected chi connectivity index (χ3v) is 7.62. The van der Waals surface area contributed by atoms with E-state index in [4.69, 9.17) is 5.73 Å². The highest BCUT2D eigenvalue weighted by Crippen LogP contribution is 2.49. The molecule has 3 unspecified atom stereocenters. The van der Waals surface area contributed by atoms with Gasteiger partial charge in [-0.2, -0.15) is 18.3 Å². The van der Waals surface area contributed by atoms with Gasteiger partial charge < -0.3 is 16.0 Å². The summed E-state index contributed by atoms with van der Waals surface area (Å²) < 4.78 is 71.0. The van der Waals surface area contributed by atoms with Gasteiger partial charge in [0.05, 0.1) is 6.20 Å². The van der Waals surface area contributed by atoms with E-state index in [1.54, 1.807) is 6.07 Å². The van der Waals surface area contributed by atoms with E-state index in [2.05, 4.69) is 10.4 Å². The largest absolute Gasteiger partial charge is 0.408 e. The summed E-state index contributed by atoms with van der Waals surface area (Å²) in [6.07, 6.45) is -4.05. The second-order valence-corrected chi connectivity index (χ2v) is 10.5. The Kier molecular flexibility index (Phi) is 7.44. The third-order valence-electron chi connectivity index (χ3n) is 7.62. The zero-order valence-corrected chi connectivity index (χ0v) is 22.6. The fourth-order valence-corrected chi connectivity index (χ4v) is 5.36. The third kappa shape index (κ3) is 5.53. The van der Waals surface area contributed by atoms with Crippen molar-refractivity contribution in [3.63, 3.8) is 0 Å². The number of nitrogens with two attached hydrogens (primary N) is 1. The van der Waals surface area contributed by atoms with Crippen LogP contribution in [0.25, 0.3) is 11.1 Å². The number of carbonyl (C=O) groups is 4. The molecule has 3 atom stereocenters. The van der Waals surface area contributed by atoms with Crippen LogP contribution in [-0.4, -0.2) is 62.1 Å². The SMILES string of the molecule is CC(N(Cc1ccc(F)cc1)C(=O)CN1C(=O)NC2(CC(F)c3cc(-c4cnn(CC(N)=O)c4)ccc32)C1=O)C(F)(F)F. The van der Waals surface area contributed by atoms with E-state index >= 15 is 4.39 Å². The number of benzene rings is 2. The highest BCUT2D eigenvalue weighted by molar-refractivity contribution is 6.10. The zero-order valence-electron chi connectivity index (χ0n) is 22.6. The van der Waals surface area contributed by atoms with Gasteiger partial charge in [-0.05, 0) is 47.4 Å². The minimum atomic E-state index is -4.84. The van der Waals surface area contributed by atoms with Crippen LogP contribution >= 0.6 is 0 Å². The number of aromatic nitrogens is 2. The van der Waals surface area contributed by atoms with Crippen molar-refractivity contribution in [2.45, 2.75) is 50.4 Å². The number of rotatable bonds is 8. The molecule has 1 aliphatic carbocycles. The molecule has 0 bridgehead atoms. The van der Waals surface area contributed by atoms with Crippen molar-refractivity contribution < 1.29 is 41.1 Å². The average molecular weight is 605 g/mol. The Labute approximate surface area is 241 Å². The minimum absolute atomic E-state index is 0.102. The van der Waals surface area contributed by atoms with Crippen molar-refractivity contribution in [1.29, 1.82) is 0 Å². The molecule has 3 aromatic rings. The number of halogens is 5. The molecule has 2 heterocycles. The Balaban J connectivity index is 1.39. The first-order valence-electron chi connectivity index (χ1n) is 13.0. The number of hydrogen-bond donors (Lipinski definition) is 2. The highest BCUT2D eigenvalue weighted by Gasteiger charge is 2.59. The van der Waals surface area contributed by atoms with E-state index in [1.165, 1.54) is 41.3 Å². The van der Waals surface area contributed by atoms with Gasteiger partial charge in [-0.15, -0.1) is 0 Å². The fraction of sp³-hybridized carbons (Fsp3) is 0.321. The Morgan fingerprint density at radius 2 is 1.84 bits per heavy atom. The summed E-state index contributed by atoms with van der Waals surface area (Å²) in [7, 11) is 0. The van der Waals surface area contributed by atoms with Crippen molar-refractivity contribution in [1.82, 2.24) is 24.9 Å². The fourth-order valence-electron chi connectivity index (χ4n) is 5.36. The van der Waals surface area contributed by atoms with Crippen molar-refractivity contribution in [2.24, 2.45) is 5.73 Å². The van der Waals surface area contributed by atoms with Crippen LogP contribution in [0.5, 0.6) is 0 Å². The summed E-state index contributed by atoms with van der Waals surface area (Å²) in [6.45, 7) is -1.01. The lowest BCUT2D eigenvalue weighted by molar-refractivity contribution is -0.187. The summed E-state index contributed by atoms with van der Waals surface area (Å²) >= 11 is 0. The molecule has 10 nitrogen and oxygen atoms in total. The normalized spacial score (nSPS) is 20.3. The van der Waals surface area contributed by atoms with E-state index in [0.717, 1.165) is 19.1 Å². The summed E-state index contributed by atoms with van der Waals surface area (Å²) in [6, 6.07) is 5.62. The molecule has 3 N–H and O–H groups in total. The van der Waals surface area contributed by atoms with Gasteiger partial charge in [-0.25, -0.2) is 13.6 Å². The number of imide groups is 1. The quantitative estimate of drug-likeness (QED) is 0.301. The van der Waals surface area contributed by atoms with Gasteiger partial charge in [0.2, 0.25) is 11.8 Å². The highest BCUT2D eigenvalue weighted by atomic mass is 19.4. The smallest absolute Gasteiger partial charge is 0.368 e. The molecule has 1 spiro atoms. The molecule has 5 amide bonds. The molecule has 226 valence electrons. The molecule has 43 heavy (non-hydrogen) atoms. The first-order chi connectivity index (χ1) is 20.2. The molecule has 0 radical (unpaired) electrons. The standard InChI is InChI=1S/C28H25F5N6O4/c1-15(28(31,32)33)38(11-16-2-5-19(29)6-3-16)24(41)14-39-25(42)27(36-26(39)43)9-22(30)20-8-17(4-7-21(20)27)18-10-35-37(12-18)13-23(34)40/h2-8,10,12,15,22H,9,11,13-14H2,1H3,(H2,34,40)(H,36,43). The van der Waals surface area contributed by atoms with Crippen molar-refractivity contribution in [3.8, 4) is 11.1 Å². The number of amides is 5. The molecule has 15 heteroatoms. The lowest BCUT2D eigenvalue weighted by atomic mass is 9.90. The van der Waals surface area contributed by atoms with Gasteiger partial charge in [-0.3, -0.25) is 24.0 Å². The number of nitrogens with one attached hydrogen (secondary N) is 1. The first kappa shape index (κ1) is 29.7. The predicted molar refractivity (Wildman–Crippen MR) is 140 cm³/mol. The van der Waals surface area contributed by atoms with E-state index < -0.39 is 73.0 Å². The summed E-state index contributed by atoms with van der Waals surface area (Å²) in [5, 5.41) is 6.48. The number of primary amides is 1. The van der Waals surface area contributed by atoms with Crippen molar-refractivity contribution in [2.75, 3.05) is 6.54 Å². The van der Waals surface area contributed by atoms with E-state index in [1.807, 2.05) is 0 Å². The van der Waals surface area contributed by atoms with Gasteiger partial charge in [0, 0.05) is 24.7 Å². The molecule has 5 rings (SSSR count). The Morgan fingerprint density at radius 1 is 1.14 bits per heavy atom. The Morgan fingerprint density at radius 3 is 2.49 bits per heavy atom. The van der Waals surface area contributed by atoms with Crippen LogP contribution in [0.15, 0.2) is 54.9 Å². The van der Waals surface area contributed by atoms with Gasteiger partial charge in [0.15, 0.2) is 0 Å². The van der Waals surface area contributed by atoms with Crippen molar-refractivity contribution >= 4 is 23.8 Å². The summed E-state index contributed by atoms with van der Waals surface area (Å²) in [5.41, 5.74) is 4.80. The van der Waals surface area contributed by atoms with Crippen LogP contribution in [0, 0.1) is 5.82 Å². The maximum absolute atomic E-state index is 15.4. The molecule has 2 aromatic carbocycles. The molecule has 0 saturated carbocycles. The number of alkyl halides is 4. The molecular formula is C28H25F5N6O4. The molecule has 1 fully saturated rings. The first-order valence-corrected chi connectivity index (χ1v) is 13.0. The van der Waals surface area contributed by atoms with E-state index in [9.17, 15) is 36.7 Å². The van der Waals surface area contributed by atoms with Crippen LogP contribution in [0.4, 0.5) is 26.7 Å². The van der Waals surface area contributed by atoms with Gasteiger partial charge in [-0.1, -0.05) is 24.3 Å². The Hall–Kier alpha value is -4.82. The lowest BCUT2D eigenvalue weighted by Gasteiger charge is -2.32. The zero-order chi connectivity index (χ0) is 31.3. The maximum atomic E-state index is 15.4. The van der Waals surface area contributed by atoms with Crippen molar-refractivity contribution in [3.05, 3.63) is 77.4 Å². The summed E-state index contributed by atoms with van der Waals surface area (Å²) in [4.78, 5) is 51.9. The number of nitrogens with zero attached hydrogens (tertiary/aromatic N) is 4. The molecule has 1 saturated heterocycles. The molecule has 1 aromatic heterocycles. The lowest BCUT2D eigenvalue weighted by Crippen LogP contribution is -2.51. The van der Waals surface area contributed by atoms with E-state index in [-0.39, 0.29) is 23.2 Å². The summed E-state index contributed by atoms with van der Waals surface area (Å²) in [5.74, 6) is -3.40. The van der Waals surface area contributed by atoms with Crippen LogP contribution in [-0.2, 0) is 33.0 Å². The van der Waals surface area contributed by atoms with Crippen LogP contribution in [0.2, 0.25) is 0 Å². The van der Waals surface area contributed by atoms with Gasteiger partial charge in [0.1, 0.15) is 36.7 Å². The number of carbonyl (C=O) groups excluding carboxylic acids is 4. The topological polar surface area (TPSA) is 131 Å².